The van der Waals surface area contributed by atoms with Gasteiger partial charge in [-0.2, -0.15) is 20.9 Å². The molecule has 0 atom stereocenters. The Hall–Kier alpha value is -2.33. The summed E-state index contributed by atoms with van der Waals surface area (Å²) in [5.74, 6) is 0.412. The number of halogens is 2. The summed E-state index contributed by atoms with van der Waals surface area (Å²) in [7, 11) is 1.92. The summed E-state index contributed by atoms with van der Waals surface area (Å²) in [5.41, 5.74) is 2.79. The molecule has 3 heterocycles. The molecule has 0 aliphatic rings. The van der Waals surface area contributed by atoms with E-state index in [4.69, 9.17) is 4.42 Å². The number of nitrogens with one attached hydrogen (secondary N) is 1. The SMILES string of the molecule is Cc1nc2[c-]cc(Nc3ncc(-c4nnc(C(F)F)o4)cn3)cc2n1C.[Y]. The molecule has 0 fully saturated rings. The van der Waals surface area contributed by atoms with Gasteiger partial charge in [-0.1, -0.05) is 5.69 Å². The van der Waals surface area contributed by atoms with Crippen LogP contribution in [0.15, 0.2) is 28.9 Å². The molecule has 1 N–H and O–H groups in total. The van der Waals surface area contributed by atoms with E-state index in [0.717, 1.165) is 22.5 Å². The maximum atomic E-state index is 12.5. The first-order chi connectivity index (χ1) is 12.5. The molecule has 8 nitrogen and oxygen atoms in total. The molecule has 135 valence electrons. The summed E-state index contributed by atoms with van der Waals surface area (Å²) in [6.45, 7) is 1.92. The fourth-order valence-corrected chi connectivity index (χ4v) is 2.38. The number of alkyl halides is 2. The van der Waals surface area contributed by atoms with Crippen molar-refractivity contribution in [3.8, 4) is 11.5 Å². The molecule has 0 aliphatic heterocycles. The third-order valence-electron chi connectivity index (χ3n) is 3.80. The Morgan fingerprint density at radius 1 is 1.22 bits per heavy atom. The third-order valence-corrected chi connectivity index (χ3v) is 3.80. The van der Waals surface area contributed by atoms with Crippen molar-refractivity contribution in [2.24, 2.45) is 7.05 Å². The van der Waals surface area contributed by atoms with E-state index in [2.05, 4.69) is 36.5 Å². The van der Waals surface area contributed by atoms with Crippen LogP contribution < -0.4 is 5.32 Å². The molecule has 11 heteroatoms. The van der Waals surface area contributed by atoms with Crippen LogP contribution in [0.5, 0.6) is 0 Å². The molecular formula is C16H12F2N7OY-. The van der Waals surface area contributed by atoms with Gasteiger partial charge in [0, 0.05) is 52.2 Å². The van der Waals surface area contributed by atoms with Gasteiger partial charge < -0.3 is 14.3 Å². The first-order valence-electron chi connectivity index (χ1n) is 7.57. The van der Waals surface area contributed by atoms with Gasteiger partial charge in [-0.15, -0.1) is 16.3 Å². The van der Waals surface area contributed by atoms with E-state index in [1.165, 1.54) is 12.4 Å². The first-order valence-corrected chi connectivity index (χ1v) is 7.57. The molecule has 0 saturated carbocycles. The topological polar surface area (TPSA) is 94.6 Å². The quantitative estimate of drug-likeness (QED) is 0.482. The van der Waals surface area contributed by atoms with E-state index in [1.54, 1.807) is 6.07 Å². The summed E-state index contributed by atoms with van der Waals surface area (Å²) >= 11 is 0. The van der Waals surface area contributed by atoms with E-state index in [-0.39, 0.29) is 38.6 Å². The Labute approximate surface area is 177 Å². The van der Waals surface area contributed by atoms with E-state index >= 15 is 0 Å². The predicted octanol–water partition coefficient (Wildman–Crippen LogP) is 3.20. The Morgan fingerprint density at radius 2 is 1.96 bits per heavy atom. The fraction of sp³-hybridized carbons (Fsp3) is 0.188. The first kappa shape index (κ1) is 19.4. The molecule has 1 radical (unpaired) electrons. The van der Waals surface area contributed by atoms with E-state index in [9.17, 15) is 8.78 Å². The summed E-state index contributed by atoms with van der Waals surface area (Å²) in [6, 6.07) is 6.76. The molecule has 0 amide bonds. The van der Waals surface area contributed by atoms with Gasteiger partial charge in [-0.25, -0.2) is 9.97 Å². The summed E-state index contributed by atoms with van der Waals surface area (Å²) in [4.78, 5) is 12.7. The maximum Gasteiger partial charge on any atom is 0.314 e. The zero-order valence-electron chi connectivity index (χ0n) is 14.3. The molecule has 4 aromatic rings. The van der Waals surface area contributed by atoms with Gasteiger partial charge >= 0.3 is 6.43 Å². The standard InChI is InChI=1S/C16H12F2N7O.Y/c1-8-21-11-4-3-10(5-12(11)25(8)2)22-16-19-6-9(7-20-16)14-23-24-15(26-14)13(17)18;/h3,5-7,13H,1-2H3,(H,19,20,22);/q-1;. The van der Waals surface area contributed by atoms with Crippen LogP contribution in [-0.4, -0.2) is 29.7 Å². The van der Waals surface area contributed by atoms with Crippen LogP contribution in [0.25, 0.3) is 22.5 Å². The smallest absolute Gasteiger partial charge is 0.314 e. The van der Waals surface area contributed by atoms with Crippen molar-refractivity contribution in [3.63, 3.8) is 0 Å². The van der Waals surface area contributed by atoms with Crippen molar-refractivity contribution in [2.75, 3.05) is 5.32 Å². The molecule has 4 rings (SSSR count). The Bertz CT molecular complexity index is 1080. The molecule has 0 spiro atoms. The van der Waals surface area contributed by atoms with Gasteiger partial charge in [-0.05, 0) is 18.0 Å². The van der Waals surface area contributed by atoms with Crippen LogP contribution in [0.4, 0.5) is 20.4 Å². The second kappa shape index (κ2) is 7.73. The number of nitrogens with zero attached hydrogens (tertiary/aromatic N) is 6. The van der Waals surface area contributed by atoms with Crippen LogP contribution >= 0.6 is 0 Å². The summed E-state index contributed by atoms with van der Waals surface area (Å²) in [6.07, 6.45) is 0.00302. The van der Waals surface area contributed by atoms with E-state index in [0.29, 0.717) is 11.5 Å². The van der Waals surface area contributed by atoms with Crippen LogP contribution in [0, 0.1) is 13.0 Å². The number of hydrogen-bond acceptors (Lipinski definition) is 7. The summed E-state index contributed by atoms with van der Waals surface area (Å²) in [5, 5.41) is 9.88. The second-order valence-corrected chi connectivity index (χ2v) is 5.51. The van der Waals surface area contributed by atoms with Gasteiger partial charge in [0.2, 0.25) is 5.95 Å². The van der Waals surface area contributed by atoms with Crippen molar-refractivity contribution in [1.82, 2.24) is 29.7 Å². The number of hydrogen-bond donors (Lipinski definition) is 1. The van der Waals surface area contributed by atoms with Gasteiger partial charge in [0.25, 0.3) is 11.8 Å². The normalized spacial score (nSPS) is 11.0. The molecule has 0 aliphatic carbocycles. The van der Waals surface area contributed by atoms with Crippen LogP contribution in [0.1, 0.15) is 18.1 Å². The number of aryl methyl sites for hydroxylation is 2. The van der Waals surface area contributed by atoms with Gasteiger partial charge in [0.15, 0.2) is 0 Å². The fourth-order valence-electron chi connectivity index (χ4n) is 2.38. The Kier molecular flexibility index (Phi) is 5.57. The number of benzene rings is 1. The minimum absolute atomic E-state index is 0. The number of fused-ring (bicyclic) bond motifs is 1. The van der Waals surface area contributed by atoms with Gasteiger partial charge in [0.05, 0.1) is 11.4 Å². The molecule has 3 aromatic heterocycles. The number of imidazole rings is 1. The molecular weight excluding hydrogens is 433 g/mol. The minimum atomic E-state index is -2.82. The Balaban J connectivity index is 0.00000210. The van der Waals surface area contributed by atoms with Crippen molar-refractivity contribution in [3.05, 3.63) is 42.3 Å². The monoisotopic (exact) mass is 445 g/mol. The van der Waals surface area contributed by atoms with Crippen molar-refractivity contribution >= 4 is 22.7 Å². The Morgan fingerprint density at radius 3 is 2.63 bits per heavy atom. The van der Waals surface area contributed by atoms with Crippen LogP contribution in [0.2, 0.25) is 0 Å². The van der Waals surface area contributed by atoms with Gasteiger partial charge in [0.1, 0.15) is 0 Å². The van der Waals surface area contributed by atoms with Crippen molar-refractivity contribution in [1.29, 1.82) is 0 Å². The molecule has 1 aromatic carbocycles. The van der Waals surface area contributed by atoms with E-state index in [1.807, 2.05) is 24.6 Å². The predicted molar refractivity (Wildman–Crippen MR) is 87.9 cm³/mol. The number of rotatable bonds is 4. The van der Waals surface area contributed by atoms with Crippen molar-refractivity contribution < 1.29 is 45.9 Å². The molecule has 27 heavy (non-hydrogen) atoms. The molecule has 0 saturated heterocycles. The van der Waals surface area contributed by atoms with Crippen LogP contribution in [0.3, 0.4) is 0 Å². The maximum absolute atomic E-state index is 12.5. The van der Waals surface area contributed by atoms with Crippen LogP contribution in [-0.2, 0) is 39.8 Å². The summed E-state index contributed by atoms with van der Waals surface area (Å²) < 4.78 is 31.8. The molecule has 0 unspecified atom stereocenters. The zero-order chi connectivity index (χ0) is 18.3. The second-order valence-electron chi connectivity index (χ2n) is 5.51. The number of anilines is 2. The van der Waals surface area contributed by atoms with Crippen molar-refractivity contribution in [2.45, 2.75) is 13.3 Å². The minimum Gasteiger partial charge on any atom is -0.415 e. The average molecular weight is 445 g/mol. The van der Waals surface area contributed by atoms with Gasteiger partial charge in [-0.3, -0.25) is 4.98 Å². The van der Waals surface area contributed by atoms with E-state index < -0.39 is 12.3 Å². The number of aromatic nitrogens is 6. The largest absolute Gasteiger partial charge is 0.415 e. The zero-order valence-corrected chi connectivity index (χ0v) is 17.1. The average Bonchev–Trinajstić information content (AvgIpc) is 3.22. The third kappa shape index (κ3) is 3.86. The molecule has 0 bridgehead atoms.